The summed E-state index contributed by atoms with van der Waals surface area (Å²) in [5, 5.41) is 3.42. The van der Waals surface area contributed by atoms with Crippen molar-refractivity contribution in [3.63, 3.8) is 0 Å². The van der Waals surface area contributed by atoms with Gasteiger partial charge in [-0.25, -0.2) is 0 Å². The van der Waals surface area contributed by atoms with Gasteiger partial charge >= 0.3 is 12.4 Å². The fourth-order valence-corrected chi connectivity index (χ4v) is 13.6. The number of para-hydroxylation sites is 4. The molecule has 2 aliphatic rings. The zero-order chi connectivity index (χ0) is 56.8. The number of nitrogens with zero attached hydrogens (tertiary/aromatic N) is 2. The first kappa shape index (κ1) is 51.1. The smallest absolute Gasteiger partial charge is 0.416 e. The Morgan fingerprint density at radius 2 is 0.707 bits per heavy atom. The highest BCUT2D eigenvalue weighted by molar-refractivity contribution is 6.13. The Morgan fingerprint density at radius 1 is 0.354 bits per heavy atom. The molecule has 0 unspecified atom stereocenters. The van der Waals surface area contributed by atoms with Crippen LogP contribution in [0.5, 0.6) is 0 Å². The number of benzene rings is 10. The topological polar surface area (TPSA) is 32.8 Å². The van der Waals surface area contributed by atoms with E-state index in [0.717, 1.165) is 89.3 Å². The van der Waals surface area contributed by atoms with Crippen molar-refractivity contribution in [2.75, 3.05) is 9.80 Å². The van der Waals surface area contributed by atoms with Crippen molar-refractivity contribution in [1.29, 1.82) is 0 Å². The van der Waals surface area contributed by atoms with Crippen LogP contribution in [-0.2, 0) is 23.2 Å². The van der Waals surface area contributed by atoms with E-state index in [1.54, 1.807) is 12.1 Å². The van der Waals surface area contributed by atoms with E-state index in [0.29, 0.717) is 45.1 Å². The number of rotatable bonds is 8. The average molecular weight is 1090 g/mol. The molecule has 0 saturated heterocycles. The Bertz CT molecular complexity index is 4290. The summed E-state index contributed by atoms with van der Waals surface area (Å²) in [6.07, 6.45) is -9.30. The molecule has 0 atom stereocenters. The number of hydrogen-bond donors (Lipinski definition) is 0. The summed E-state index contributed by atoms with van der Waals surface area (Å²) in [6, 6.07) is 63.7. The normalized spacial score (nSPS) is 14.3. The minimum atomic E-state index is -4.65. The lowest BCUT2D eigenvalue weighted by Gasteiger charge is -2.46. The molecule has 82 heavy (non-hydrogen) atoms. The van der Waals surface area contributed by atoms with Gasteiger partial charge in [0.05, 0.1) is 27.9 Å². The first-order valence-electron chi connectivity index (χ1n) is 27.7. The Labute approximate surface area is 470 Å². The molecule has 2 heterocycles. The van der Waals surface area contributed by atoms with Gasteiger partial charge in [-0.15, -0.1) is 0 Å². The molecule has 0 aliphatic heterocycles. The molecule has 2 aromatic heterocycles. The van der Waals surface area contributed by atoms with Crippen LogP contribution in [0.25, 0.3) is 55.0 Å². The van der Waals surface area contributed by atoms with Crippen molar-refractivity contribution >= 4 is 78.0 Å². The average Bonchev–Trinajstić information content (AvgIpc) is 1.60. The Kier molecular flexibility index (Phi) is 11.4. The third-order valence-electron chi connectivity index (χ3n) is 17.3. The largest absolute Gasteiger partial charge is 0.454 e. The second-order valence-corrected chi connectivity index (χ2v) is 23.0. The predicted octanol–water partition coefficient (Wildman–Crippen LogP) is 21.7. The van der Waals surface area contributed by atoms with Crippen molar-refractivity contribution in [3.05, 3.63) is 262 Å². The Hall–Kier alpha value is -9.02. The number of alkyl halides is 6. The highest BCUT2D eigenvalue weighted by atomic mass is 19.4. The molecule has 406 valence electrons. The number of anilines is 6. The Morgan fingerprint density at radius 3 is 1.10 bits per heavy atom. The highest BCUT2D eigenvalue weighted by Crippen LogP contribution is 2.64. The summed E-state index contributed by atoms with van der Waals surface area (Å²) in [5.74, 6) is 0.242. The highest BCUT2D eigenvalue weighted by Gasteiger charge is 2.53. The summed E-state index contributed by atoms with van der Waals surface area (Å²) in [4.78, 5) is 3.69. The third-order valence-corrected chi connectivity index (χ3v) is 17.3. The maximum atomic E-state index is 14.9. The van der Waals surface area contributed by atoms with Crippen LogP contribution in [0.3, 0.4) is 0 Å². The second kappa shape index (κ2) is 18.2. The first-order chi connectivity index (χ1) is 39.3. The molecule has 0 fully saturated rings. The standard InChI is InChI=1S/C72H54F6N2O2/c1-41(2)49-21-13-23-51-53-25-15-31-63(67(53)81-65(49)51)79(45-19-11-17-43(37-45)71(73,74)75)47-33-35-57-55(39-47)56-40-48(34-36-58(56)70(57)61-29-9-7-27-59(61)69(5,6)60-28-8-10-30-62(60)70)80(46-20-12-18-44(38-46)72(76,77)78)64-32-16-26-54-52-24-14-22-50(42(3)4)66(52)82-68(54)64/h7-42H,1-6H3. The molecular weight excluding hydrogens is 1040 g/mol. The number of halogens is 6. The molecule has 0 amide bonds. The van der Waals surface area contributed by atoms with Gasteiger partial charge in [0.2, 0.25) is 0 Å². The van der Waals surface area contributed by atoms with E-state index in [4.69, 9.17) is 8.83 Å². The summed E-state index contributed by atoms with van der Waals surface area (Å²) in [7, 11) is 0. The van der Waals surface area contributed by atoms with Crippen LogP contribution in [0.15, 0.2) is 215 Å². The van der Waals surface area contributed by atoms with E-state index in [9.17, 15) is 26.3 Å². The van der Waals surface area contributed by atoms with Crippen LogP contribution in [0, 0.1) is 0 Å². The molecule has 10 aromatic carbocycles. The van der Waals surface area contributed by atoms with E-state index in [-0.39, 0.29) is 23.2 Å². The lowest BCUT2D eigenvalue weighted by molar-refractivity contribution is -0.138. The molecule has 0 bridgehead atoms. The lowest BCUT2D eigenvalue weighted by Crippen LogP contribution is -2.40. The van der Waals surface area contributed by atoms with Crippen LogP contribution in [0.1, 0.15) is 109 Å². The van der Waals surface area contributed by atoms with Crippen molar-refractivity contribution in [2.24, 2.45) is 0 Å². The molecule has 4 nitrogen and oxygen atoms in total. The quantitative estimate of drug-likeness (QED) is 0.142. The summed E-state index contributed by atoms with van der Waals surface area (Å²) < 4.78 is 103. The predicted molar refractivity (Wildman–Crippen MR) is 318 cm³/mol. The zero-order valence-corrected chi connectivity index (χ0v) is 45.8. The molecule has 12 aromatic rings. The van der Waals surface area contributed by atoms with Gasteiger partial charge < -0.3 is 18.6 Å². The molecule has 10 heteroatoms. The van der Waals surface area contributed by atoms with E-state index >= 15 is 0 Å². The van der Waals surface area contributed by atoms with Gasteiger partial charge in [0.25, 0.3) is 0 Å². The number of furan rings is 2. The van der Waals surface area contributed by atoms with Crippen molar-refractivity contribution in [3.8, 4) is 11.1 Å². The maximum absolute atomic E-state index is 14.9. The van der Waals surface area contributed by atoms with Gasteiger partial charge in [0, 0.05) is 49.7 Å². The summed E-state index contributed by atoms with van der Waals surface area (Å²) in [5.41, 5.74) is 12.1. The molecule has 14 rings (SSSR count). The number of hydrogen-bond acceptors (Lipinski definition) is 4. The number of fused-ring (bicyclic) bond motifs is 15. The molecule has 0 N–H and O–H groups in total. The van der Waals surface area contributed by atoms with Gasteiger partial charge in [0.15, 0.2) is 11.2 Å². The van der Waals surface area contributed by atoms with Crippen molar-refractivity contribution in [1.82, 2.24) is 0 Å². The van der Waals surface area contributed by atoms with Crippen LogP contribution >= 0.6 is 0 Å². The summed E-state index contributed by atoms with van der Waals surface area (Å²) >= 11 is 0. The van der Waals surface area contributed by atoms with Crippen molar-refractivity contribution < 1.29 is 35.2 Å². The first-order valence-corrected chi connectivity index (χ1v) is 27.7. The lowest BCUT2D eigenvalue weighted by atomic mass is 9.55. The third kappa shape index (κ3) is 7.52. The molecule has 2 aliphatic carbocycles. The fourth-order valence-electron chi connectivity index (χ4n) is 13.6. The summed E-state index contributed by atoms with van der Waals surface area (Å²) in [6.45, 7) is 12.9. The van der Waals surface area contributed by atoms with Crippen LogP contribution in [0.4, 0.5) is 60.5 Å². The Balaban J connectivity index is 1.08. The van der Waals surface area contributed by atoms with Gasteiger partial charge in [-0.2, -0.15) is 26.3 Å². The zero-order valence-electron chi connectivity index (χ0n) is 45.8. The van der Waals surface area contributed by atoms with E-state index in [1.807, 2.05) is 94.7 Å². The monoisotopic (exact) mass is 1090 g/mol. The molecular formula is C72H54F6N2O2. The molecule has 1 spiro atoms. The van der Waals surface area contributed by atoms with Crippen LogP contribution in [0.2, 0.25) is 0 Å². The fraction of sp³-hybridized carbons (Fsp3) is 0.167. The van der Waals surface area contributed by atoms with E-state index in [1.165, 1.54) is 24.3 Å². The maximum Gasteiger partial charge on any atom is 0.416 e. The van der Waals surface area contributed by atoms with Gasteiger partial charge in [-0.3, -0.25) is 0 Å². The van der Waals surface area contributed by atoms with Gasteiger partial charge in [-0.1, -0.05) is 175 Å². The van der Waals surface area contributed by atoms with Gasteiger partial charge in [-0.05, 0) is 140 Å². The van der Waals surface area contributed by atoms with E-state index < -0.39 is 34.3 Å². The van der Waals surface area contributed by atoms with Crippen LogP contribution in [-0.4, -0.2) is 0 Å². The minimum absolute atomic E-state index is 0.121. The minimum Gasteiger partial charge on any atom is -0.454 e. The molecule has 0 saturated carbocycles. The van der Waals surface area contributed by atoms with E-state index in [2.05, 4.69) is 114 Å². The molecule has 0 radical (unpaired) electrons. The van der Waals surface area contributed by atoms with Crippen LogP contribution < -0.4 is 9.80 Å². The van der Waals surface area contributed by atoms with Crippen molar-refractivity contribution in [2.45, 2.75) is 76.6 Å². The second-order valence-electron chi connectivity index (χ2n) is 23.0. The SMILES string of the molecule is CC(C)c1cccc2c1oc1c(N(c3cccc(C(F)(F)F)c3)c3ccc4c(c3)-c3cc(N(c5cccc(C(F)(F)F)c5)c5cccc6c5oc5c(C(C)C)cccc56)ccc3C43c4ccccc4C(C)(C)c4ccccc43)cccc12. The van der Waals surface area contributed by atoms with Gasteiger partial charge in [0.1, 0.15) is 11.2 Å².